The molecule has 144 valence electrons. The molecule has 5 nitrogen and oxygen atoms in total. The van der Waals surface area contributed by atoms with Gasteiger partial charge in [0.05, 0.1) is 12.2 Å². The maximum absolute atomic E-state index is 11.0. The Kier molecular flexibility index (Phi) is 6.48. The second-order valence-corrected chi connectivity index (χ2v) is 7.10. The summed E-state index contributed by atoms with van der Waals surface area (Å²) in [5.41, 5.74) is 2.73. The molecule has 0 amide bonds. The predicted molar refractivity (Wildman–Crippen MR) is 106 cm³/mol. The summed E-state index contributed by atoms with van der Waals surface area (Å²) in [5, 5.41) is 9.02. The van der Waals surface area contributed by atoms with Crippen LogP contribution >= 0.6 is 0 Å². The van der Waals surface area contributed by atoms with Crippen LogP contribution in [0.2, 0.25) is 0 Å². The van der Waals surface area contributed by atoms with Gasteiger partial charge in [-0.25, -0.2) is 4.79 Å². The van der Waals surface area contributed by atoms with E-state index in [2.05, 4.69) is 28.9 Å². The van der Waals surface area contributed by atoms with Crippen LogP contribution in [0, 0.1) is 0 Å². The minimum absolute atomic E-state index is 0.338. The molecule has 1 heterocycles. The van der Waals surface area contributed by atoms with Gasteiger partial charge in [0.15, 0.2) is 0 Å². The minimum atomic E-state index is -0.879. The third kappa shape index (κ3) is 5.08. The van der Waals surface area contributed by atoms with E-state index in [1.54, 1.807) is 12.1 Å². The third-order valence-electron chi connectivity index (χ3n) is 5.10. The normalized spacial score (nSPS) is 18.4. The first-order valence-corrected chi connectivity index (χ1v) is 9.56. The van der Waals surface area contributed by atoms with Gasteiger partial charge >= 0.3 is 5.97 Å². The number of carboxylic acids is 1. The summed E-state index contributed by atoms with van der Waals surface area (Å²) in [7, 11) is 0. The van der Waals surface area contributed by atoms with Crippen molar-refractivity contribution >= 4 is 5.97 Å². The molecule has 3 rings (SSSR count). The van der Waals surface area contributed by atoms with Crippen molar-refractivity contribution in [2.24, 2.45) is 0 Å². The summed E-state index contributed by atoms with van der Waals surface area (Å²) >= 11 is 0. The van der Waals surface area contributed by atoms with Crippen LogP contribution < -0.4 is 4.74 Å². The van der Waals surface area contributed by atoms with E-state index in [1.165, 1.54) is 5.56 Å². The lowest BCUT2D eigenvalue weighted by Crippen LogP contribution is -2.50. The van der Waals surface area contributed by atoms with Gasteiger partial charge in [-0.3, -0.25) is 9.80 Å². The molecule has 0 aliphatic carbocycles. The highest BCUT2D eigenvalue weighted by Gasteiger charge is 2.24. The molecule has 2 aromatic carbocycles. The molecule has 1 atom stereocenters. The van der Waals surface area contributed by atoms with E-state index in [-0.39, 0.29) is 0 Å². The topological polar surface area (TPSA) is 53.0 Å². The van der Waals surface area contributed by atoms with Crippen LogP contribution in [-0.2, 0) is 13.1 Å². The molecule has 27 heavy (non-hydrogen) atoms. The van der Waals surface area contributed by atoms with Crippen molar-refractivity contribution in [3.63, 3.8) is 0 Å². The molecule has 1 fully saturated rings. The molecular formula is C22H28N2O3. The van der Waals surface area contributed by atoms with Gasteiger partial charge < -0.3 is 9.84 Å². The average molecular weight is 368 g/mol. The summed E-state index contributed by atoms with van der Waals surface area (Å²) < 4.78 is 5.75. The number of carbonyl (C=O) groups is 1. The fraction of sp³-hybridized carbons (Fsp3) is 0.409. The van der Waals surface area contributed by atoms with Crippen LogP contribution in [0.5, 0.6) is 5.75 Å². The number of para-hydroxylation sites is 1. The van der Waals surface area contributed by atoms with Gasteiger partial charge in [0.2, 0.25) is 0 Å². The maximum Gasteiger partial charge on any atom is 0.335 e. The zero-order chi connectivity index (χ0) is 19.2. The SMILES string of the molecule is CCOc1ccccc1CN1CCN(Cc2ccc(C(=O)O)cc2)C(C)C1. The first-order chi connectivity index (χ1) is 13.1. The van der Waals surface area contributed by atoms with Gasteiger partial charge in [0.1, 0.15) is 5.75 Å². The van der Waals surface area contributed by atoms with Crippen LogP contribution in [0.4, 0.5) is 0 Å². The van der Waals surface area contributed by atoms with Gasteiger partial charge in [0, 0.05) is 44.3 Å². The van der Waals surface area contributed by atoms with Crippen molar-refractivity contribution < 1.29 is 14.6 Å². The number of nitrogens with zero attached hydrogens (tertiary/aromatic N) is 2. The fourth-order valence-corrected chi connectivity index (χ4v) is 3.61. The number of hydrogen-bond acceptors (Lipinski definition) is 4. The van der Waals surface area contributed by atoms with Crippen LogP contribution in [0.25, 0.3) is 0 Å². The Hall–Kier alpha value is -2.37. The van der Waals surface area contributed by atoms with Crippen molar-refractivity contribution in [2.75, 3.05) is 26.2 Å². The number of piperazine rings is 1. The second kappa shape index (κ2) is 9.02. The monoisotopic (exact) mass is 368 g/mol. The standard InChI is InChI=1S/C22H28N2O3/c1-3-27-21-7-5-4-6-20(21)16-23-12-13-24(17(2)14-23)15-18-8-10-19(11-9-18)22(25)26/h4-11,17H,3,12-16H2,1-2H3,(H,25,26). The Morgan fingerprint density at radius 1 is 1.11 bits per heavy atom. The highest BCUT2D eigenvalue weighted by Crippen LogP contribution is 2.22. The van der Waals surface area contributed by atoms with Gasteiger partial charge in [-0.1, -0.05) is 30.3 Å². The number of ether oxygens (including phenoxy) is 1. The first-order valence-electron chi connectivity index (χ1n) is 9.56. The maximum atomic E-state index is 11.0. The van der Waals surface area contributed by atoms with E-state index >= 15 is 0 Å². The molecule has 0 aromatic heterocycles. The predicted octanol–water partition coefficient (Wildman–Crippen LogP) is 3.49. The lowest BCUT2D eigenvalue weighted by atomic mass is 10.1. The van der Waals surface area contributed by atoms with Crippen molar-refractivity contribution in [1.82, 2.24) is 9.80 Å². The Morgan fingerprint density at radius 3 is 2.52 bits per heavy atom. The Bertz CT molecular complexity index is 760. The highest BCUT2D eigenvalue weighted by atomic mass is 16.5. The lowest BCUT2D eigenvalue weighted by Gasteiger charge is -2.40. The molecular weight excluding hydrogens is 340 g/mol. The zero-order valence-corrected chi connectivity index (χ0v) is 16.1. The van der Waals surface area contributed by atoms with Crippen molar-refractivity contribution in [3.05, 3.63) is 65.2 Å². The summed E-state index contributed by atoms with van der Waals surface area (Å²) in [4.78, 5) is 15.9. The van der Waals surface area contributed by atoms with E-state index in [0.717, 1.165) is 44.0 Å². The molecule has 1 unspecified atom stereocenters. The molecule has 0 saturated carbocycles. The molecule has 1 aliphatic rings. The quantitative estimate of drug-likeness (QED) is 0.811. The Balaban J connectivity index is 1.57. The van der Waals surface area contributed by atoms with E-state index in [1.807, 2.05) is 31.2 Å². The number of hydrogen-bond donors (Lipinski definition) is 1. The van der Waals surface area contributed by atoms with E-state index < -0.39 is 5.97 Å². The van der Waals surface area contributed by atoms with Crippen LogP contribution in [0.1, 0.15) is 35.3 Å². The molecule has 1 aliphatic heterocycles. The van der Waals surface area contributed by atoms with Crippen LogP contribution in [-0.4, -0.2) is 53.2 Å². The minimum Gasteiger partial charge on any atom is -0.494 e. The average Bonchev–Trinajstić information content (AvgIpc) is 2.66. The summed E-state index contributed by atoms with van der Waals surface area (Å²) in [5.74, 6) is 0.101. The van der Waals surface area contributed by atoms with Crippen molar-refractivity contribution in [3.8, 4) is 5.75 Å². The molecule has 2 aromatic rings. The largest absolute Gasteiger partial charge is 0.494 e. The summed E-state index contributed by atoms with van der Waals surface area (Å²) in [6, 6.07) is 15.9. The number of carboxylic acid groups (broad SMARTS) is 1. The first kappa shape index (κ1) is 19.4. The lowest BCUT2D eigenvalue weighted by molar-refractivity contribution is 0.0695. The number of benzene rings is 2. The van der Waals surface area contributed by atoms with Gasteiger partial charge in [-0.05, 0) is 37.6 Å². The van der Waals surface area contributed by atoms with Gasteiger partial charge in [0.25, 0.3) is 0 Å². The van der Waals surface area contributed by atoms with E-state index in [4.69, 9.17) is 9.84 Å². The van der Waals surface area contributed by atoms with Crippen molar-refractivity contribution in [1.29, 1.82) is 0 Å². The zero-order valence-electron chi connectivity index (χ0n) is 16.1. The number of rotatable bonds is 7. The van der Waals surface area contributed by atoms with E-state index in [9.17, 15) is 4.79 Å². The summed E-state index contributed by atoms with van der Waals surface area (Å²) in [6.45, 7) is 9.73. The molecule has 0 spiro atoms. The second-order valence-electron chi connectivity index (χ2n) is 7.10. The van der Waals surface area contributed by atoms with Crippen LogP contribution in [0.15, 0.2) is 48.5 Å². The molecule has 1 saturated heterocycles. The fourth-order valence-electron chi connectivity index (χ4n) is 3.61. The Morgan fingerprint density at radius 2 is 1.85 bits per heavy atom. The Labute approximate surface area is 161 Å². The van der Waals surface area contributed by atoms with E-state index in [0.29, 0.717) is 18.2 Å². The smallest absolute Gasteiger partial charge is 0.335 e. The molecule has 5 heteroatoms. The molecule has 1 N–H and O–H groups in total. The highest BCUT2D eigenvalue weighted by molar-refractivity contribution is 5.87. The number of aromatic carboxylic acids is 1. The molecule has 0 bridgehead atoms. The summed E-state index contributed by atoms with van der Waals surface area (Å²) in [6.07, 6.45) is 0. The molecule has 0 radical (unpaired) electrons. The van der Waals surface area contributed by atoms with Gasteiger partial charge in [-0.2, -0.15) is 0 Å². The third-order valence-corrected chi connectivity index (χ3v) is 5.10. The van der Waals surface area contributed by atoms with Crippen LogP contribution in [0.3, 0.4) is 0 Å². The van der Waals surface area contributed by atoms with Gasteiger partial charge in [-0.15, -0.1) is 0 Å². The van der Waals surface area contributed by atoms with Crippen molar-refractivity contribution in [2.45, 2.75) is 33.0 Å².